The van der Waals surface area contributed by atoms with Gasteiger partial charge in [0.25, 0.3) is 0 Å². The number of Topliss-reactive ketones (excluding diaryl/α,β-unsaturated/α-hetero) is 1. The number of carbonyl (C=O) groups is 1. The van der Waals surface area contributed by atoms with E-state index in [1.165, 1.54) is 22.3 Å². The number of carbonyl (C=O) groups excluding carboxylic acids is 1. The highest BCUT2D eigenvalue weighted by Gasteiger charge is 2.60. The van der Waals surface area contributed by atoms with E-state index in [1.54, 1.807) is 6.07 Å². The van der Waals surface area contributed by atoms with Crippen LogP contribution in [0.3, 0.4) is 0 Å². The average Bonchev–Trinajstić information content (AvgIpc) is 2.91. The van der Waals surface area contributed by atoms with Gasteiger partial charge in [0, 0.05) is 24.2 Å². The third kappa shape index (κ3) is 1.07. The molecule has 0 aromatic heterocycles. The van der Waals surface area contributed by atoms with Crippen LogP contribution in [0.25, 0.3) is 0 Å². The van der Waals surface area contributed by atoms with E-state index in [4.69, 9.17) is 0 Å². The van der Waals surface area contributed by atoms with Gasteiger partial charge in [-0.05, 0) is 43.0 Å². The number of fused-ring (bicyclic) bond motifs is 2. The lowest BCUT2D eigenvalue weighted by Crippen LogP contribution is -2.31. The van der Waals surface area contributed by atoms with Crippen LogP contribution in [0.4, 0.5) is 0 Å². The molecule has 1 N–H and O–H groups in total. The number of benzene rings is 1. The number of rotatable bonds is 0. The van der Waals surface area contributed by atoms with E-state index in [-0.39, 0.29) is 5.41 Å². The van der Waals surface area contributed by atoms with Crippen LogP contribution in [0.1, 0.15) is 43.2 Å². The number of hydrogen-bond acceptors (Lipinski definition) is 2. The van der Waals surface area contributed by atoms with E-state index >= 15 is 0 Å². The zero-order chi connectivity index (χ0) is 12.5. The standard InChI is InChI=1S/C16H16O2/c1-9-14-7-12(18)8-15-13-3-2-11(17)6-10(13)4-5-16(9,14)15/h2-3,6,15,17H,4-5,7-8H2,1H3/t15-,16-/m1/s1. The van der Waals surface area contributed by atoms with E-state index in [1.807, 2.05) is 12.1 Å². The molecule has 18 heavy (non-hydrogen) atoms. The van der Waals surface area contributed by atoms with Gasteiger partial charge in [-0.1, -0.05) is 17.2 Å². The summed E-state index contributed by atoms with van der Waals surface area (Å²) >= 11 is 0. The third-order valence-corrected chi connectivity index (χ3v) is 5.29. The van der Waals surface area contributed by atoms with Crippen molar-refractivity contribution < 1.29 is 9.90 Å². The Morgan fingerprint density at radius 2 is 2.22 bits per heavy atom. The van der Waals surface area contributed by atoms with Crippen molar-refractivity contribution in [3.63, 3.8) is 0 Å². The summed E-state index contributed by atoms with van der Waals surface area (Å²) < 4.78 is 0. The van der Waals surface area contributed by atoms with Gasteiger partial charge in [0.15, 0.2) is 0 Å². The summed E-state index contributed by atoms with van der Waals surface area (Å²) in [6.07, 6.45) is 3.52. The fourth-order valence-corrected chi connectivity index (χ4v) is 4.35. The van der Waals surface area contributed by atoms with Crippen molar-refractivity contribution in [3.05, 3.63) is 40.5 Å². The Balaban J connectivity index is 1.85. The minimum Gasteiger partial charge on any atom is -0.508 e. The van der Waals surface area contributed by atoms with Gasteiger partial charge in [-0.25, -0.2) is 0 Å². The maximum Gasteiger partial charge on any atom is 0.137 e. The van der Waals surface area contributed by atoms with E-state index in [9.17, 15) is 9.90 Å². The van der Waals surface area contributed by atoms with E-state index in [2.05, 4.69) is 6.92 Å². The Labute approximate surface area is 106 Å². The summed E-state index contributed by atoms with van der Waals surface area (Å²) in [5, 5.41) is 9.59. The smallest absolute Gasteiger partial charge is 0.137 e. The predicted octanol–water partition coefficient (Wildman–Crippen LogP) is 3.10. The van der Waals surface area contributed by atoms with Crippen molar-refractivity contribution in [1.82, 2.24) is 0 Å². The van der Waals surface area contributed by atoms with Crippen molar-refractivity contribution in [1.29, 1.82) is 0 Å². The molecular weight excluding hydrogens is 224 g/mol. The molecule has 0 heterocycles. The highest BCUT2D eigenvalue weighted by atomic mass is 16.3. The molecule has 4 rings (SSSR count). The number of hydrogen-bond donors (Lipinski definition) is 1. The predicted molar refractivity (Wildman–Crippen MR) is 68.5 cm³/mol. The van der Waals surface area contributed by atoms with E-state index in [0.717, 1.165) is 12.8 Å². The van der Waals surface area contributed by atoms with Gasteiger partial charge in [-0.3, -0.25) is 4.79 Å². The maximum absolute atomic E-state index is 11.9. The number of ketones is 1. The third-order valence-electron chi connectivity index (χ3n) is 5.29. The van der Waals surface area contributed by atoms with Crippen LogP contribution in [0.2, 0.25) is 0 Å². The van der Waals surface area contributed by atoms with Gasteiger partial charge in [-0.2, -0.15) is 0 Å². The van der Waals surface area contributed by atoms with Crippen LogP contribution in [0, 0.1) is 5.41 Å². The second kappa shape index (κ2) is 3.05. The molecule has 0 saturated heterocycles. The molecule has 0 bridgehead atoms. The fraction of sp³-hybridized carbons (Fsp3) is 0.438. The molecule has 92 valence electrons. The van der Waals surface area contributed by atoms with Crippen molar-refractivity contribution in [2.45, 2.75) is 38.5 Å². The van der Waals surface area contributed by atoms with Crippen LogP contribution in [0.15, 0.2) is 29.3 Å². The first kappa shape index (κ1) is 10.4. The lowest BCUT2D eigenvalue weighted by molar-refractivity contribution is -0.120. The summed E-state index contributed by atoms with van der Waals surface area (Å²) in [6.45, 7) is 2.20. The van der Waals surface area contributed by atoms with Crippen molar-refractivity contribution >= 4 is 5.78 Å². The summed E-state index contributed by atoms with van der Waals surface area (Å²) in [5.74, 6) is 1.06. The molecule has 0 aliphatic heterocycles. The molecule has 3 aliphatic carbocycles. The van der Waals surface area contributed by atoms with Gasteiger partial charge in [0.05, 0.1) is 0 Å². The summed E-state index contributed by atoms with van der Waals surface area (Å²) in [5.41, 5.74) is 5.66. The second-order valence-electron chi connectivity index (χ2n) is 5.93. The molecule has 2 nitrogen and oxygen atoms in total. The average molecular weight is 240 g/mol. The van der Waals surface area contributed by atoms with Crippen molar-refractivity contribution in [3.8, 4) is 5.75 Å². The van der Waals surface area contributed by atoms with E-state index in [0.29, 0.717) is 30.3 Å². The molecule has 3 aliphatic rings. The molecule has 2 atom stereocenters. The Morgan fingerprint density at radius 3 is 3.06 bits per heavy atom. The quantitative estimate of drug-likeness (QED) is 0.707. The first-order valence-corrected chi connectivity index (χ1v) is 6.67. The molecule has 1 saturated carbocycles. The minimum atomic E-state index is 0.248. The Hall–Kier alpha value is -1.57. The monoisotopic (exact) mass is 240 g/mol. The number of phenols is 1. The Bertz CT molecular complexity index is 612. The zero-order valence-electron chi connectivity index (χ0n) is 10.5. The summed E-state index contributed by atoms with van der Waals surface area (Å²) in [7, 11) is 0. The fourth-order valence-electron chi connectivity index (χ4n) is 4.35. The van der Waals surface area contributed by atoms with Crippen LogP contribution in [0.5, 0.6) is 5.75 Å². The zero-order valence-corrected chi connectivity index (χ0v) is 10.5. The molecule has 0 unspecified atom stereocenters. The van der Waals surface area contributed by atoms with Crippen LogP contribution in [-0.2, 0) is 11.2 Å². The number of aromatic hydroxyl groups is 1. The van der Waals surface area contributed by atoms with Gasteiger partial charge < -0.3 is 5.11 Å². The molecular formula is C16H16O2. The Morgan fingerprint density at radius 1 is 1.39 bits per heavy atom. The highest BCUT2D eigenvalue weighted by molar-refractivity contribution is 5.88. The molecule has 1 fully saturated rings. The topological polar surface area (TPSA) is 37.3 Å². The molecule has 0 amide bonds. The normalized spacial score (nSPS) is 32.7. The highest BCUT2D eigenvalue weighted by Crippen LogP contribution is 2.70. The van der Waals surface area contributed by atoms with Crippen LogP contribution >= 0.6 is 0 Å². The van der Waals surface area contributed by atoms with E-state index < -0.39 is 0 Å². The van der Waals surface area contributed by atoms with Gasteiger partial charge in [0.1, 0.15) is 11.5 Å². The van der Waals surface area contributed by atoms with Gasteiger partial charge >= 0.3 is 0 Å². The molecule has 0 radical (unpaired) electrons. The first-order chi connectivity index (χ1) is 8.63. The largest absolute Gasteiger partial charge is 0.508 e. The van der Waals surface area contributed by atoms with Crippen molar-refractivity contribution in [2.75, 3.05) is 0 Å². The molecule has 2 heteroatoms. The number of allylic oxidation sites excluding steroid dienone is 2. The summed E-state index contributed by atoms with van der Waals surface area (Å²) in [6, 6.07) is 5.66. The molecule has 1 aromatic carbocycles. The lowest BCUT2D eigenvalue weighted by atomic mass is 9.64. The summed E-state index contributed by atoms with van der Waals surface area (Å²) in [4.78, 5) is 11.9. The van der Waals surface area contributed by atoms with Gasteiger partial charge in [0.2, 0.25) is 0 Å². The first-order valence-electron chi connectivity index (χ1n) is 6.67. The Kier molecular flexibility index (Phi) is 1.76. The molecule has 1 aromatic rings. The van der Waals surface area contributed by atoms with Crippen LogP contribution in [-0.4, -0.2) is 10.9 Å². The SMILES string of the molecule is CC1=C2CC(=O)C[C@@H]3c4ccc(O)cc4CC[C@@]123. The van der Waals surface area contributed by atoms with Gasteiger partial charge in [-0.15, -0.1) is 0 Å². The second-order valence-corrected chi connectivity index (χ2v) is 5.93. The van der Waals surface area contributed by atoms with Crippen molar-refractivity contribution in [2.24, 2.45) is 5.41 Å². The lowest BCUT2D eigenvalue weighted by Gasteiger charge is -2.39. The maximum atomic E-state index is 11.9. The number of aryl methyl sites for hydroxylation is 1. The minimum absolute atomic E-state index is 0.248. The van der Waals surface area contributed by atoms with Crippen LogP contribution < -0.4 is 0 Å². The molecule has 1 spiro atoms. The number of phenolic OH excluding ortho intramolecular Hbond substituents is 1.